The molecule has 7 heteroatoms. The van der Waals surface area contributed by atoms with Gasteiger partial charge >= 0.3 is 6.36 Å². The largest absolute Gasteiger partial charge is 0.573 e. The van der Waals surface area contributed by atoms with Crippen LogP contribution in [0.5, 0.6) is 5.75 Å². The van der Waals surface area contributed by atoms with E-state index in [-0.39, 0.29) is 5.75 Å². The molecule has 0 bridgehead atoms. The van der Waals surface area contributed by atoms with Crippen molar-refractivity contribution >= 4 is 5.71 Å². The SMILES string of the molecule is O/N=C(\CN1CCCC1)c1ccc(OC(F)(F)F)cc1. The molecule has 1 heterocycles. The molecule has 1 aromatic rings. The molecule has 0 saturated carbocycles. The molecule has 1 aliphatic heterocycles. The van der Waals surface area contributed by atoms with E-state index in [1.807, 2.05) is 0 Å². The predicted molar refractivity (Wildman–Crippen MR) is 67.1 cm³/mol. The third kappa shape index (κ3) is 4.12. The van der Waals surface area contributed by atoms with Crippen LogP contribution in [0.1, 0.15) is 18.4 Å². The third-order valence-corrected chi connectivity index (χ3v) is 3.11. The lowest BCUT2D eigenvalue weighted by atomic mass is 10.1. The average molecular weight is 288 g/mol. The summed E-state index contributed by atoms with van der Waals surface area (Å²) >= 11 is 0. The van der Waals surface area contributed by atoms with Crippen LogP contribution in [-0.2, 0) is 0 Å². The quantitative estimate of drug-likeness (QED) is 0.526. The van der Waals surface area contributed by atoms with Gasteiger partial charge < -0.3 is 9.94 Å². The Labute approximate surface area is 114 Å². The summed E-state index contributed by atoms with van der Waals surface area (Å²) < 4.78 is 39.9. The Bertz CT molecular complexity index is 465. The molecular formula is C13H15F3N2O2. The molecule has 0 atom stereocenters. The van der Waals surface area contributed by atoms with E-state index in [1.165, 1.54) is 24.3 Å². The van der Waals surface area contributed by atoms with Crippen LogP contribution >= 0.6 is 0 Å². The van der Waals surface area contributed by atoms with Crippen molar-refractivity contribution in [2.75, 3.05) is 19.6 Å². The van der Waals surface area contributed by atoms with Gasteiger partial charge in [0.25, 0.3) is 0 Å². The topological polar surface area (TPSA) is 45.1 Å². The molecule has 0 aromatic heterocycles. The van der Waals surface area contributed by atoms with Crippen molar-refractivity contribution in [2.24, 2.45) is 5.16 Å². The van der Waals surface area contributed by atoms with Crippen molar-refractivity contribution in [1.82, 2.24) is 4.90 Å². The molecule has 1 aliphatic rings. The Morgan fingerprint density at radius 3 is 2.30 bits per heavy atom. The summed E-state index contributed by atoms with van der Waals surface area (Å²) in [5, 5.41) is 12.3. The number of rotatable bonds is 4. The lowest BCUT2D eigenvalue weighted by Crippen LogP contribution is -2.27. The molecule has 110 valence electrons. The van der Waals surface area contributed by atoms with Crippen LogP contribution in [0.2, 0.25) is 0 Å². The summed E-state index contributed by atoms with van der Waals surface area (Å²) in [4.78, 5) is 2.13. The molecule has 1 fully saturated rings. The van der Waals surface area contributed by atoms with Crippen LogP contribution in [0.4, 0.5) is 13.2 Å². The van der Waals surface area contributed by atoms with E-state index in [0.717, 1.165) is 25.9 Å². The summed E-state index contributed by atoms with van der Waals surface area (Å²) in [5.74, 6) is -0.292. The zero-order chi connectivity index (χ0) is 14.6. The van der Waals surface area contributed by atoms with Gasteiger partial charge in [-0.25, -0.2) is 0 Å². The Kier molecular flexibility index (Phi) is 4.49. The zero-order valence-electron chi connectivity index (χ0n) is 10.7. The second kappa shape index (κ2) is 6.13. The van der Waals surface area contributed by atoms with Gasteiger partial charge in [-0.2, -0.15) is 0 Å². The van der Waals surface area contributed by atoms with E-state index < -0.39 is 6.36 Å². The van der Waals surface area contributed by atoms with Crippen molar-refractivity contribution in [1.29, 1.82) is 0 Å². The van der Waals surface area contributed by atoms with Gasteiger partial charge in [0.2, 0.25) is 0 Å². The molecule has 0 amide bonds. The van der Waals surface area contributed by atoms with Gasteiger partial charge in [0.05, 0.1) is 0 Å². The highest BCUT2D eigenvalue weighted by Crippen LogP contribution is 2.23. The number of benzene rings is 1. The zero-order valence-corrected chi connectivity index (χ0v) is 10.7. The number of nitrogens with zero attached hydrogens (tertiary/aromatic N) is 2. The Balaban J connectivity index is 2.03. The Morgan fingerprint density at radius 1 is 1.20 bits per heavy atom. The fourth-order valence-corrected chi connectivity index (χ4v) is 2.18. The minimum Gasteiger partial charge on any atom is -0.411 e. The maximum Gasteiger partial charge on any atom is 0.573 e. The Hall–Kier alpha value is -1.76. The summed E-state index contributed by atoms with van der Waals surface area (Å²) in [6.45, 7) is 2.36. The smallest absolute Gasteiger partial charge is 0.411 e. The van der Waals surface area contributed by atoms with Gasteiger partial charge in [-0.1, -0.05) is 5.16 Å². The summed E-state index contributed by atoms with van der Waals surface area (Å²) in [7, 11) is 0. The molecule has 20 heavy (non-hydrogen) atoms. The number of hydrogen-bond donors (Lipinski definition) is 1. The third-order valence-electron chi connectivity index (χ3n) is 3.11. The highest BCUT2D eigenvalue weighted by atomic mass is 19.4. The van der Waals surface area contributed by atoms with Gasteiger partial charge in [0.15, 0.2) is 0 Å². The van der Waals surface area contributed by atoms with Gasteiger partial charge in [0.1, 0.15) is 11.5 Å². The highest BCUT2D eigenvalue weighted by Gasteiger charge is 2.31. The lowest BCUT2D eigenvalue weighted by molar-refractivity contribution is -0.274. The van der Waals surface area contributed by atoms with Crippen LogP contribution in [0.25, 0.3) is 0 Å². The lowest BCUT2D eigenvalue weighted by Gasteiger charge is -2.15. The molecule has 0 spiro atoms. The summed E-state index contributed by atoms with van der Waals surface area (Å²) in [6, 6.07) is 5.31. The monoisotopic (exact) mass is 288 g/mol. The number of oxime groups is 1. The van der Waals surface area contributed by atoms with Crippen LogP contribution in [0, 0.1) is 0 Å². The summed E-state index contributed by atoms with van der Waals surface area (Å²) in [6.07, 6.45) is -2.49. The number of likely N-dealkylation sites (tertiary alicyclic amines) is 1. The maximum atomic E-state index is 12.0. The molecule has 0 unspecified atom stereocenters. The summed E-state index contributed by atoms with van der Waals surface area (Å²) in [5.41, 5.74) is 1.01. The van der Waals surface area contributed by atoms with Gasteiger partial charge in [-0.05, 0) is 50.2 Å². The van der Waals surface area contributed by atoms with Crippen LogP contribution in [0.15, 0.2) is 29.4 Å². The van der Waals surface area contributed by atoms with Gasteiger partial charge in [-0.15, -0.1) is 13.2 Å². The van der Waals surface area contributed by atoms with Crippen LogP contribution in [-0.4, -0.2) is 41.8 Å². The van der Waals surface area contributed by atoms with Crippen molar-refractivity contribution in [3.8, 4) is 5.75 Å². The average Bonchev–Trinajstić information content (AvgIpc) is 2.88. The Morgan fingerprint density at radius 2 is 1.80 bits per heavy atom. The number of hydrogen-bond acceptors (Lipinski definition) is 4. The molecule has 1 N–H and O–H groups in total. The van der Waals surface area contributed by atoms with Crippen LogP contribution in [0.3, 0.4) is 0 Å². The van der Waals surface area contributed by atoms with Crippen molar-refractivity contribution in [3.05, 3.63) is 29.8 Å². The van der Waals surface area contributed by atoms with Crippen molar-refractivity contribution < 1.29 is 23.1 Å². The van der Waals surface area contributed by atoms with Crippen molar-refractivity contribution in [2.45, 2.75) is 19.2 Å². The predicted octanol–water partition coefficient (Wildman–Crippen LogP) is 2.86. The first-order valence-corrected chi connectivity index (χ1v) is 6.27. The molecule has 0 radical (unpaired) electrons. The maximum absolute atomic E-state index is 12.0. The molecule has 0 aliphatic carbocycles. The minimum absolute atomic E-state index is 0.292. The second-order valence-corrected chi connectivity index (χ2v) is 4.60. The first kappa shape index (κ1) is 14.6. The first-order chi connectivity index (χ1) is 9.48. The fourth-order valence-electron chi connectivity index (χ4n) is 2.18. The van der Waals surface area contributed by atoms with E-state index in [0.29, 0.717) is 17.8 Å². The van der Waals surface area contributed by atoms with E-state index in [4.69, 9.17) is 5.21 Å². The standard InChI is InChI=1S/C13H15F3N2O2/c14-13(15,16)20-11-5-3-10(4-6-11)12(17-19)9-18-7-1-2-8-18/h3-6,19H,1-2,7-9H2/b17-12+. The molecule has 1 aromatic carbocycles. The second-order valence-electron chi connectivity index (χ2n) is 4.60. The molecular weight excluding hydrogens is 273 g/mol. The van der Waals surface area contributed by atoms with Crippen LogP contribution < -0.4 is 4.74 Å². The van der Waals surface area contributed by atoms with E-state index in [9.17, 15) is 13.2 Å². The first-order valence-electron chi connectivity index (χ1n) is 6.27. The molecule has 4 nitrogen and oxygen atoms in total. The normalized spacial score (nSPS) is 17.4. The van der Waals surface area contributed by atoms with Gasteiger partial charge in [-0.3, -0.25) is 4.90 Å². The van der Waals surface area contributed by atoms with E-state index >= 15 is 0 Å². The number of halogens is 3. The van der Waals surface area contributed by atoms with E-state index in [2.05, 4.69) is 14.8 Å². The number of alkyl halides is 3. The molecule has 1 saturated heterocycles. The number of ether oxygens (including phenoxy) is 1. The highest BCUT2D eigenvalue weighted by molar-refractivity contribution is 6.01. The van der Waals surface area contributed by atoms with Crippen molar-refractivity contribution in [3.63, 3.8) is 0 Å². The van der Waals surface area contributed by atoms with E-state index in [1.54, 1.807) is 0 Å². The minimum atomic E-state index is -4.70. The van der Waals surface area contributed by atoms with Gasteiger partial charge in [0, 0.05) is 12.1 Å². The molecule has 2 rings (SSSR count). The fraction of sp³-hybridized carbons (Fsp3) is 0.462.